The van der Waals surface area contributed by atoms with Crippen molar-refractivity contribution in [1.29, 1.82) is 5.26 Å². The third kappa shape index (κ3) is 2.49. The van der Waals surface area contributed by atoms with Crippen molar-refractivity contribution < 1.29 is 5.11 Å². The number of hydrogen-bond donors (Lipinski definition) is 2. The van der Waals surface area contributed by atoms with Gasteiger partial charge in [-0.3, -0.25) is 0 Å². The zero-order valence-electron chi connectivity index (χ0n) is 6.75. The van der Waals surface area contributed by atoms with Crippen LogP contribution in [0, 0.1) is 11.3 Å². The quantitative estimate of drug-likeness (QED) is 0.618. The van der Waals surface area contributed by atoms with Crippen LogP contribution in [0.25, 0.3) is 0 Å². The van der Waals surface area contributed by atoms with Gasteiger partial charge in [-0.1, -0.05) is 0 Å². The minimum absolute atomic E-state index is 0.109. The number of aliphatic hydroxyl groups excluding tert-OH is 1. The lowest BCUT2D eigenvalue weighted by Gasteiger charge is -2.34. The van der Waals surface area contributed by atoms with Crippen LogP contribution < -0.4 is 5.32 Å². The van der Waals surface area contributed by atoms with Crippen LogP contribution in [0.15, 0.2) is 0 Å². The molecule has 11 heavy (non-hydrogen) atoms. The van der Waals surface area contributed by atoms with Gasteiger partial charge in [0.2, 0.25) is 0 Å². The Bertz CT molecular complexity index is 158. The van der Waals surface area contributed by atoms with Gasteiger partial charge in [-0.05, 0) is 19.8 Å². The number of nitriles is 1. The zero-order valence-corrected chi connectivity index (χ0v) is 6.75. The molecular formula is C8H14N2O. The van der Waals surface area contributed by atoms with Gasteiger partial charge in [-0.2, -0.15) is 5.26 Å². The SMILES string of the molecule is CC(CC#N)NC1CC(O)C1. The Balaban J connectivity index is 2.08. The monoisotopic (exact) mass is 154 g/mol. The second-order valence-corrected chi connectivity index (χ2v) is 3.25. The number of hydrogen-bond acceptors (Lipinski definition) is 3. The molecule has 0 amide bonds. The van der Waals surface area contributed by atoms with Crippen LogP contribution >= 0.6 is 0 Å². The Kier molecular flexibility index (Phi) is 2.86. The molecule has 3 nitrogen and oxygen atoms in total. The molecule has 3 heteroatoms. The molecule has 0 saturated heterocycles. The topological polar surface area (TPSA) is 56.0 Å². The van der Waals surface area contributed by atoms with Crippen molar-refractivity contribution in [1.82, 2.24) is 5.32 Å². The maximum absolute atomic E-state index is 8.96. The second kappa shape index (κ2) is 3.70. The molecule has 0 aromatic heterocycles. The fourth-order valence-corrected chi connectivity index (χ4v) is 1.32. The van der Waals surface area contributed by atoms with E-state index in [1.54, 1.807) is 0 Å². The van der Waals surface area contributed by atoms with Crippen molar-refractivity contribution in [3.63, 3.8) is 0 Å². The first kappa shape index (κ1) is 8.51. The smallest absolute Gasteiger partial charge is 0.0638 e. The van der Waals surface area contributed by atoms with Crippen molar-refractivity contribution in [2.75, 3.05) is 0 Å². The summed E-state index contributed by atoms with van der Waals surface area (Å²) in [5, 5.41) is 20.6. The number of nitrogens with zero attached hydrogens (tertiary/aromatic N) is 1. The van der Waals surface area contributed by atoms with E-state index in [9.17, 15) is 0 Å². The first-order valence-corrected chi connectivity index (χ1v) is 4.03. The summed E-state index contributed by atoms with van der Waals surface area (Å²) in [5.41, 5.74) is 0. The third-order valence-corrected chi connectivity index (χ3v) is 2.03. The third-order valence-electron chi connectivity index (χ3n) is 2.03. The van der Waals surface area contributed by atoms with Gasteiger partial charge in [0.1, 0.15) is 0 Å². The molecule has 1 atom stereocenters. The Morgan fingerprint density at radius 2 is 2.36 bits per heavy atom. The van der Waals surface area contributed by atoms with Gasteiger partial charge in [0.05, 0.1) is 18.6 Å². The van der Waals surface area contributed by atoms with E-state index < -0.39 is 0 Å². The molecule has 1 rings (SSSR count). The van der Waals surface area contributed by atoms with Crippen LogP contribution in [0.3, 0.4) is 0 Å². The van der Waals surface area contributed by atoms with Crippen LogP contribution in [-0.4, -0.2) is 23.3 Å². The summed E-state index contributed by atoms with van der Waals surface area (Å²) in [5.74, 6) is 0. The van der Waals surface area contributed by atoms with Crippen molar-refractivity contribution in [2.24, 2.45) is 0 Å². The lowest BCUT2D eigenvalue weighted by molar-refractivity contribution is 0.0588. The molecule has 0 spiro atoms. The first-order valence-electron chi connectivity index (χ1n) is 4.03. The van der Waals surface area contributed by atoms with E-state index in [0.717, 1.165) is 12.8 Å². The molecule has 1 aliphatic carbocycles. The summed E-state index contributed by atoms with van der Waals surface area (Å²) in [6.45, 7) is 1.99. The number of rotatable bonds is 3. The molecule has 1 saturated carbocycles. The first-order chi connectivity index (χ1) is 5.22. The van der Waals surface area contributed by atoms with Gasteiger partial charge in [0.15, 0.2) is 0 Å². The van der Waals surface area contributed by atoms with Crippen LogP contribution in [0.5, 0.6) is 0 Å². The summed E-state index contributed by atoms with van der Waals surface area (Å²) >= 11 is 0. The summed E-state index contributed by atoms with van der Waals surface area (Å²) in [4.78, 5) is 0. The Morgan fingerprint density at radius 1 is 1.73 bits per heavy atom. The average molecular weight is 154 g/mol. The summed E-state index contributed by atoms with van der Waals surface area (Å²) < 4.78 is 0. The molecule has 0 aromatic rings. The van der Waals surface area contributed by atoms with E-state index in [2.05, 4.69) is 11.4 Å². The summed E-state index contributed by atoms with van der Waals surface area (Å²) in [6, 6.07) is 2.81. The van der Waals surface area contributed by atoms with Crippen LogP contribution in [0.4, 0.5) is 0 Å². The summed E-state index contributed by atoms with van der Waals surface area (Å²) in [6.07, 6.45) is 2.12. The van der Waals surface area contributed by atoms with E-state index in [0.29, 0.717) is 12.5 Å². The predicted octanol–water partition coefficient (Wildman–Crippen LogP) is 0.401. The second-order valence-electron chi connectivity index (χ2n) is 3.25. The van der Waals surface area contributed by atoms with Gasteiger partial charge >= 0.3 is 0 Å². The fraction of sp³-hybridized carbons (Fsp3) is 0.875. The number of nitrogens with one attached hydrogen (secondary N) is 1. The molecule has 62 valence electrons. The maximum atomic E-state index is 8.96. The van der Waals surface area contributed by atoms with Gasteiger partial charge < -0.3 is 10.4 Å². The Morgan fingerprint density at radius 3 is 2.82 bits per heavy atom. The van der Waals surface area contributed by atoms with Crippen molar-refractivity contribution in [3.8, 4) is 6.07 Å². The van der Waals surface area contributed by atoms with Crippen LogP contribution in [0.1, 0.15) is 26.2 Å². The largest absolute Gasteiger partial charge is 0.393 e. The van der Waals surface area contributed by atoms with Gasteiger partial charge in [0, 0.05) is 12.1 Å². The highest BCUT2D eigenvalue weighted by molar-refractivity contribution is 4.88. The molecule has 0 radical (unpaired) electrons. The molecular weight excluding hydrogens is 140 g/mol. The molecule has 1 aliphatic rings. The molecule has 0 aliphatic heterocycles. The van der Waals surface area contributed by atoms with Crippen LogP contribution in [-0.2, 0) is 0 Å². The highest BCUT2D eigenvalue weighted by Gasteiger charge is 2.27. The fourth-order valence-electron chi connectivity index (χ4n) is 1.32. The van der Waals surface area contributed by atoms with E-state index >= 15 is 0 Å². The van der Waals surface area contributed by atoms with Crippen LogP contribution in [0.2, 0.25) is 0 Å². The maximum Gasteiger partial charge on any atom is 0.0638 e. The predicted molar refractivity (Wildman–Crippen MR) is 41.9 cm³/mol. The molecule has 2 N–H and O–H groups in total. The van der Waals surface area contributed by atoms with E-state index in [1.807, 2.05) is 6.92 Å². The lowest BCUT2D eigenvalue weighted by Crippen LogP contribution is -2.47. The highest BCUT2D eigenvalue weighted by atomic mass is 16.3. The highest BCUT2D eigenvalue weighted by Crippen LogP contribution is 2.19. The van der Waals surface area contributed by atoms with E-state index in [4.69, 9.17) is 10.4 Å². The standard InChI is InChI=1S/C8H14N2O/c1-6(2-3-9)10-7-4-8(11)5-7/h6-8,10-11H,2,4-5H2,1H3. The van der Waals surface area contributed by atoms with E-state index in [1.165, 1.54) is 0 Å². The molecule has 0 heterocycles. The van der Waals surface area contributed by atoms with Gasteiger partial charge in [0.25, 0.3) is 0 Å². The van der Waals surface area contributed by atoms with Crippen molar-refractivity contribution in [2.45, 2.75) is 44.4 Å². The minimum Gasteiger partial charge on any atom is -0.393 e. The van der Waals surface area contributed by atoms with Gasteiger partial charge in [-0.25, -0.2) is 0 Å². The average Bonchev–Trinajstić information content (AvgIpc) is 1.85. The van der Waals surface area contributed by atoms with Gasteiger partial charge in [-0.15, -0.1) is 0 Å². The Hall–Kier alpha value is -0.590. The Labute approximate surface area is 67.0 Å². The van der Waals surface area contributed by atoms with Crippen molar-refractivity contribution in [3.05, 3.63) is 0 Å². The minimum atomic E-state index is -0.109. The normalized spacial score (nSPS) is 32.1. The molecule has 0 aromatic carbocycles. The van der Waals surface area contributed by atoms with E-state index in [-0.39, 0.29) is 12.1 Å². The van der Waals surface area contributed by atoms with Crippen molar-refractivity contribution >= 4 is 0 Å². The summed E-state index contributed by atoms with van der Waals surface area (Å²) in [7, 11) is 0. The molecule has 1 fully saturated rings. The lowest BCUT2D eigenvalue weighted by atomic mass is 9.89. The molecule has 0 bridgehead atoms. The number of aliphatic hydroxyl groups is 1. The molecule has 1 unspecified atom stereocenters. The zero-order chi connectivity index (χ0) is 8.27.